The van der Waals surface area contributed by atoms with Crippen molar-refractivity contribution in [2.75, 3.05) is 12.4 Å². The first kappa shape index (κ1) is 19.4. The number of pyridine rings is 1. The number of carbonyl (C=O) groups is 1. The molecule has 0 unspecified atom stereocenters. The molecule has 5 nitrogen and oxygen atoms in total. The van der Waals surface area contributed by atoms with Gasteiger partial charge < -0.3 is 14.6 Å². The molecule has 1 N–H and O–H groups in total. The number of anilines is 2. The Kier molecular flexibility index (Phi) is 5.30. The van der Waals surface area contributed by atoms with Gasteiger partial charge in [-0.15, -0.1) is 0 Å². The molecular formula is C24H20FN3O2. The summed E-state index contributed by atoms with van der Waals surface area (Å²) in [5.41, 5.74) is 4.28. The molecule has 0 aliphatic carbocycles. The molecule has 0 atom stereocenters. The summed E-state index contributed by atoms with van der Waals surface area (Å²) in [5, 5.41) is 3.42. The van der Waals surface area contributed by atoms with Gasteiger partial charge >= 0.3 is 5.97 Å². The summed E-state index contributed by atoms with van der Waals surface area (Å²) in [6.07, 6.45) is 3.39. The molecular weight excluding hydrogens is 381 g/mol. The molecule has 0 saturated carbocycles. The topological polar surface area (TPSA) is 56.1 Å². The van der Waals surface area contributed by atoms with Gasteiger partial charge in [0.2, 0.25) is 0 Å². The largest absolute Gasteiger partial charge is 0.464 e. The van der Waals surface area contributed by atoms with E-state index in [0.29, 0.717) is 22.6 Å². The van der Waals surface area contributed by atoms with Gasteiger partial charge in [0.1, 0.15) is 17.3 Å². The highest BCUT2D eigenvalue weighted by Crippen LogP contribution is 2.43. The molecule has 2 heterocycles. The van der Waals surface area contributed by atoms with Crippen molar-refractivity contribution in [2.24, 2.45) is 7.05 Å². The van der Waals surface area contributed by atoms with Crippen molar-refractivity contribution < 1.29 is 13.9 Å². The van der Waals surface area contributed by atoms with Crippen molar-refractivity contribution in [1.29, 1.82) is 0 Å². The Bertz CT molecular complexity index is 1170. The number of halogens is 1. The maximum Gasteiger partial charge on any atom is 0.355 e. The quantitative estimate of drug-likeness (QED) is 0.454. The number of nitrogens with zero attached hydrogens (tertiary/aromatic N) is 2. The minimum atomic E-state index is -0.478. The molecule has 150 valence electrons. The standard InChI is InChI=1S/C24H20FN3O2/c1-28-22(24(29)30-2)20(16-8-10-18(25)11-9-16)21(17-12-14-26-15-13-17)23(28)27-19-6-4-3-5-7-19/h3-15,27H,1-2H3. The zero-order chi connectivity index (χ0) is 21.1. The Hall–Kier alpha value is -3.93. The first-order valence-corrected chi connectivity index (χ1v) is 9.39. The molecule has 0 amide bonds. The highest BCUT2D eigenvalue weighted by molar-refractivity contribution is 6.06. The van der Waals surface area contributed by atoms with Crippen molar-refractivity contribution in [3.8, 4) is 22.3 Å². The molecule has 2 aromatic carbocycles. The molecule has 6 heteroatoms. The van der Waals surface area contributed by atoms with E-state index in [4.69, 9.17) is 4.74 Å². The number of aromatic nitrogens is 2. The fourth-order valence-electron chi connectivity index (χ4n) is 3.52. The van der Waals surface area contributed by atoms with Crippen molar-refractivity contribution >= 4 is 17.5 Å². The van der Waals surface area contributed by atoms with Crippen LogP contribution in [0.3, 0.4) is 0 Å². The Balaban J connectivity index is 2.04. The lowest BCUT2D eigenvalue weighted by Crippen LogP contribution is -2.10. The average Bonchev–Trinajstić information content (AvgIpc) is 3.07. The highest BCUT2D eigenvalue weighted by Gasteiger charge is 2.28. The molecule has 0 saturated heterocycles. The molecule has 0 aliphatic rings. The van der Waals surface area contributed by atoms with Crippen LogP contribution in [0, 0.1) is 5.82 Å². The molecule has 0 spiro atoms. The van der Waals surface area contributed by atoms with Gasteiger partial charge in [-0.25, -0.2) is 9.18 Å². The number of hydrogen-bond donors (Lipinski definition) is 1. The molecule has 2 aromatic heterocycles. The number of para-hydroxylation sites is 1. The van der Waals surface area contributed by atoms with Crippen LogP contribution in [0.5, 0.6) is 0 Å². The minimum Gasteiger partial charge on any atom is -0.464 e. The number of rotatable bonds is 5. The molecule has 0 fully saturated rings. The Labute approximate surface area is 173 Å². The second-order valence-corrected chi connectivity index (χ2v) is 6.73. The van der Waals surface area contributed by atoms with E-state index in [2.05, 4.69) is 10.3 Å². The van der Waals surface area contributed by atoms with Crippen LogP contribution in [0.25, 0.3) is 22.3 Å². The van der Waals surface area contributed by atoms with Gasteiger partial charge in [-0.3, -0.25) is 4.98 Å². The zero-order valence-corrected chi connectivity index (χ0v) is 16.6. The molecule has 4 aromatic rings. The van der Waals surface area contributed by atoms with Crippen molar-refractivity contribution in [3.63, 3.8) is 0 Å². The van der Waals surface area contributed by atoms with Crippen molar-refractivity contribution in [1.82, 2.24) is 9.55 Å². The predicted octanol–water partition coefficient (Wildman–Crippen LogP) is 5.42. The van der Waals surface area contributed by atoms with Crippen LogP contribution in [0.4, 0.5) is 15.9 Å². The highest BCUT2D eigenvalue weighted by atomic mass is 19.1. The Morgan fingerprint density at radius 3 is 2.20 bits per heavy atom. The number of carbonyl (C=O) groups excluding carboxylic acids is 1. The predicted molar refractivity (Wildman–Crippen MR) is 115 cm³/mol. The molecule has 0 bridgehead atoms. The third-order valence-corrected chi connectivity index (χ3v) is 4.91. The SMILES string of the molecule is COC(=O)c1c(-c2ccc(F)cc2)c(-c2ccncc2)c(Nc2ccccc2)n1C. The van der Waals surface area contributed by atoms with Crippen LogP contribution in [-0.2, 0) is 11.8 Å². The minimum absolute atomic E-state index is 0.345. The van der Waals surface area contributed by atoms with Crippen molar-refractivity contribution in [3.05, 3.63) is 90.6 Å². The third kappa shape index (κ3) is 3.55. The first-order valence-electron chi connectivity index (χ1n) is 9.39. The van der Waals surface area contributed by atoms with Crippen LogP contribution < -0.4 is 5.32 Å². The fraction of sp³-hybridized carbons (Fsp3) is 0.0833. The first-order chi connectivity index (χ1) is 14.6. The second kappa shape index (κ2) is 8.21. The maximum atomic E-state index is 13.6. The van der Waals surface area contributed by atoms with E-state index < -0.39 is 5.97 Å². The number of benzene rings is 2. The summed E-state index contributed by atoms with van der Waals surface area (Å²) in [6.45, 7) is 0. The maximum absolute atomic E-state index is 13.6. The van der Waals surface area contributed by atoms with Gasteiger partial charge in [-0.05, 0) is 47.5 Å². The normalized spacial score (nSPS) is 10.6. The average molecular weight is 401 g/mol. The Morgan fingerprint density at radius 2 is 1.57 bits per heavy atom. The fourth-order valence-corrected chi connectivity index (χ4v) is 3.52. The van der Waals surface area contributed by atoms with Gasteiger partial charge in [0.15, 0.2) is 0 Å². The second-order valence-electron chi connectivity index (χ2n) is 6.73. The lowest BCUT2D eigenvalue weighted by Gasteiger charge is -2.12. The van der Waals surface area contributed by atoms with E-state index >= 15 is 0 Å². The molecule has 0 aliphatic heterocycles. The summed E-state index contributed by atoms with van der Waals surface area (Å²) in [7, 11) is 3.15. The van der Waals surface area contributed by atoms with Gasteiger partial charge in [-0.2, -0.15) is 0 Å². The van der Waals surface area contributed by atoms with Gasteiger partial charge in [0, 0.05) is 36.3 Å². The van der Waals surface area contributed by atoms with Crippen LogP contribution in [0.2, 0.25) is 0 Å². The van der Waals surface area contributed by atoms with Gasteiger partial charge in [-0.1, -0.05) is 30.3 Å². The summed E-state index contributed by atoms with van der Waals surface area (Å²) < 4.78 is 20.5. The van der Waals surface area contributed by atoms with E-state index in [1.54, 1.807) is 36.1 Å². The van der Waals surface area contributed by atoms with E-state index in [1.807, 2.05) is 42.5 Å². The summed E-state index contributed by atoms with van der Waals surface area (Å²) in [6, 6.07) is 19.5. The number of ether oxygens (including phenoxy) is 1. The van der Waals surface area contributed by atoms with Crippen LogP contribution in [-0.4, -0.2) is 22.6 Å². The van der Waals surface area contributed by atoms with Gasteiger partial charge in [0.25, 0.3) is 0 Å². The smallest absolute Gasteiger partial charge is 0.355 e. The van der Waals surface area contributed by atoms with E-state index in [9.17, 15) is 9.18 Å². The summed E-state index contributed by atoms with van der Waals surface area (Å²) in [5.74, 6) is -0.109. The van der Waals surface area contributed by atoms with Crippen LogP contribution >= 0.6 is 0 Å². The molecule has 30 heavy (non-hydrogen) atoms. The zero-order valence-electron chi connectivity index (χ0n) is 16.6. The van der Waals surface area contributed by atoms with E-state index in [1.165, 1.54) is 19.2 Å². The van der Waals surface area contributed by atoms with Crippen LogP contribution in [0.15, 0.2) is 79.1 Å². The third-order valence-electron chi connectivity index (χ3n) is 4.91. The van der Waals surface area contributed by atoms with Crippen molar-refractivity contribution in [2.45, 2.75) is 0 Å². The lowest BCUT2D eigenvalue weighted by atomic mass is 9.96. The lowest BCUT2D eigenvalue weighted by molar-refractivity contribution is 0.0591. The number of hydrogen-bond acceptors (Lipinski definition) is 4. The molecule has 4 rings (SSSR count). The number of esters is 1. The monoisotopic (exact) mass is 401 g/mol. The van der Waals surface area contributed by atoms with E-state index in [-0.39, 0.29) is 5.82 Å². The van der Waals surface area contributed by atoms with Gasteiger partial charge in [0.05, 0.1) is 7.11 Å². The van der Waals surface area contributed by atoms with Crippen LogP contribution in [0.1, 0.15) is 10.5 Å². The Morgan fingerprint density at radius 1 is 0.933 bits per heavy atom. The number of nitrogens with one attached hydrogen (secondary N) is 1. The summed E-state index contributed by atoms with van der Waals surface area (Å²) >= 11 is 0. The molecule has 0 radical (unpaired) electrons. The number of methoxy groups -OCH3 is 1. The summed E-state index contributed by atoms with van der Waals surface area (Å²) in [4.78, 5) is 16.9. The van der Waals surface area contributed by atoms with E-state index in [0.717, 1.165) is 16.8 Å².